The van der Waals surface area contributed by atoms with E-state index in [9.17, 15) is 75.7 Å². The molecule has 0 aromatic rings. The number of hydrogen-bond donors (Lipinski definition) is 14. The van der Waals surface area contributed by atoms with E-state index < -0.39 is 155 Å². The van der Waals surface area contributed by atoms with Gasteiger partial charge < -0.3 is 100 Å². The number of hydrogen-bond acceptors (Lipinski definition) is 20. The second-order valence-electron chi connectivity index (χ2n) is 24.7. The molecule has 0 aromatic heterocycles. The third-order valence-electron chi connectivity index (χ3n) is 17.1. The van der Waals surface area contributed by atoms with Crippen LogP contribution in [0.15, 0.2) is 24.3 Å². The molecule has 18 atom stereocenters. The summed E-state index contributed by atoms with van der Waals surface area (Å²) < 4.78 is 34.8. The van der Waals surface area contributed by atoms with Gasteiger partial charge in [-0.25, -0.2) is 4.79 Å². The lowest BCUT2D eigenvalue weighted by molar-refractivity contribution is -0.386. The van der Waals surface area contributed by atoms with Crippen LogP contribution in [0.5, 0.6) is 0 Å². The van der Waals surface area contributed by atoms with E-state index in [-0.39, 0.29) is 12.3 Å². The van der Waals surface area contributed by atoms with Crippen molar-refractivity contribution < 1.29 is 104 Å². The summed E-state index contributed by atoms with van der Waals surface area (Å²) in [4.78, 5) is 38.5. The molecule has 23 nitrogen and oxygen atoms in total. The first-order chi connectivity index (χ1) is 42.4. The van der Waals surface area contributed by atoms with E-state index in [1.807, 2.05) is 6.08 Å². The largest absolute Gasteiger partial charge is 0.477 e. The predicted molar refractivity (Wildman–Crippen MR) is 329 cm³/mol. The van der Waals surface area contributed by atoms with Crippen molar-refractivity contribution in [2.45, 2.75) is 342 Å². The Morgan fingerprint density at radius 2 is 1.07 bits per heavy atom. The normalized spacial score (nSPS) is 29.1. The van der Waals surface area contributed by atoms with Gasteiger partial charge in [-0.1, -0.05) is 192 Å². The van der Waals surface area contributed by atoms with Crippen molar-refractivity contribution in [1.82, 2.24) is 10.6 Å². The van der Waals surface area contributed by atoms with E-state index in [1.54, 1.807) is 6.08 Å². The predicted octanol–water partition coefficient (Wildman–Crippen LogP) is 5.28. The third-order valence-corrected chi connectivity index (χ3v) is 17.1. The van der Waals surface area contributed by atoms with Crippen LogP contribution in [0.4, 0.5) is 0 Å². The molecule has 3 aliphatic heterocycles. The van der Waals surface area contributed by atoms with Crippen molar-refractivity contribution in [3.05, 3.63) is 24.3 Å². The van der Waals surface area contributed by atoms with Crippen molar-refractivity contribution in [2.75, 3.05) is 26.4 Å². The molecule has 3 heterocycles. The van der Waals surface area contributed by atoms with E-state index in [2.05, 4.69) is 36.6 Å². The molecule has 14 N–H and O–H groups in total. The number of carbonyl (C=O) groups excluding carboxylic acids is 2. The number of carbonyl (C=O) groups is 3. The third kappa shape index (κ3) is 29.0. The lowest BCUT2D eigenvalue weighted by Crippen LogP contribution is -2.70. The highest BCUT2D eigenvalue weighted by molar-refractivity contribution is 5.77. The Hall–Kier alpha value is -2.79. The number of nitrogens with one attached hydrogen (secondary N) is 2. The van der Waals surface area contributed by atoms with Crippen LogP contribution in [0.3, 0.4) is 0 Å². The van der Waals surface area contributed by atoms with Crippen LogP contribution >= 0.6 is 0 Å². The average Bonchev–Trinajstić information content (AvgIpc) is 0.810. The van der Waals surface area contributed by atoms with Crippen molar-refractivity contribution in [1.29, 1.82) is 0 Å². The highest BCUT2D eigenvalue weighted by atomic mass is 16.8. The smallest absolute Gasteiger partial charge is 0.364 e. The quantitative estimate of drug-likeness (QED) is 0.0272. The maximum absolute atomic E-state index is 13.4. The Bertz CT molecular complexity index is 1890. The van der Waals surface area contributed by atoms with Crippen LogP contribution in [-0.2, 0) is 42.8 Å². The molecule has 0 saturated carbocycles. The lowest BCUT2D eigenvalue weighted by Gasteiger charge is -2.50. The minimum Gasteiger partial charge on any atom is -0.477 e. The standard InChI is InChI=1S/C65H118N2O21/c1-4-6-8-10-12-14-16-18-20-21-22-23-25-26-28-30-32-34-36-38-47(72)46(67-52(75)39-37-35-33-31-29-27-24-19-17-15-13-11-9-7-5-2)44-83-62-57(79)56(78)59(51(43-70)85-62)86-63-58(80)61(55(77)50(42-69)84-63)88-65(64(81)82)40-48(73)53(66-45(3)71)60(87-65)54(76)49(74)41-68/h15,17,36,38,46-51,53-63,68-70,72-74,76-80H,4-14,16,18-35,37,39-44H2,1-3H3,(H,66,71)(H,67,75)(H,81,82)/b17-15-,38-36+. The van der Waals surface area contributed by atoms with Gasteiger partial charge in [0.05, 0.1) is 50.7 Å². The molecule has 0 aliphatic carbocycles. The number of unbranched alkanes of at least 4 members (excludes halogenated alkanes) is 28. The number of aliphatic carboxylic acids is 1. The van der Waals surface area contributed by atoms with E-state index in [0.717, 1.165) is 77.6 Å². The molecule has 0 aromatic carbocycles. The summed E-state index contributed by atoms with van der Waals surface area (Å²) in [5.41, 5.74) is 0. The van der Waals surface area contributed by atoms with Gasteiger partial charge in [0.15, 0.2) is 12.6 Å². The zero-order chi connectivity index (χ0) is 64.7. The van der Waals surface area contributed by atoms with Gasteiger partial charge >= 0.3 is 5.97 Å². The molecule has 18 unspecified atom stereocenters. The van der Waals surface area contributed by atoms with E-state index in [4.69, 9.17) is 28.4 Å². The van der Waals surface area contributed by atoms with Crippen LogP contribution in [0, 0.1) is 0 Å². The van der Waals surface area contributed by atoms with Crippen molar-refractivity contribution >= 4 is 17.8 Å². The summed E-state index contributed by atoms with van der Waals surface area (Å²) in [5.74, 6) is -6.15. The number of rotatable bonds is 50. The average molecular weight is 1260 g/mol. The SMILES string of the molecule is CCCCCC/C=C\CCCCCCCCCC(=O)NC(COC1OC(CO)C(OC2OC(CO)C(O)C(OC3(C(=O)O)CC(O)C(NC(C)=O)C(C(O)C(O)CO)O3)C2O)C(O)C1O)C(O)/C=C/CCCCCCCCCCCCCCCCCCC. The number of aliphatic hydroxyl groups is 11. The minimum atomic E-state index is -3.08. The van der Waals surface area contributed by atoms with E-state index in [0.29, 0.717) is 12.8 Å². The maximum Gasteiger partial charge on any atom is 0.364 e. The van der Waals surface area contributed by atoms with Gasteiger partial charge in [0.1, 0.15) is 67.1 Å². The van der Waals surface area contributed by atoms with Crippen molar-refractivity contribution in [3.8, 4) is 0 Å². The Balaban J connectivity index is 1.63. The number of amides is 2. The summed E-state index contributed by atoms with van der Waals surface area (Å²) in [6.07, 6.45) is 15.1. The van der Waals surface area contributed by atoms with Crippen LogP contribution in [0.25, 0.3) is 0 Å². The molecule has 514 valence electrons. The van der Waals surface area contributed by atoms with Gasteiger partial charge in [0.25, 0.3) is 5.79 Å². The zero-order valence-electron chi connectivity index (χ0n) is 53.3. The van der Waals surface area contributed by atoms with Crippen molar-refractivity contribution in [3.63, 3.8) is 0 Å². The molecule has 3 saturated heterocycles. The van der Waals surface area contributed by atoms with Gasteiger partial charge in [-0.15, -0.1) is 0 Å². The minimum absolute atomic E-state index is 0.195. The van der Waals surface area contributed by atoms with Gasteiger partial charge in [0, 0.05) is 19.8 Å². The fourth-order valence-corrected chi connectivity index (χ4v) is 11.7. The van der Waals surface area contributed by atoms with Crippen LogP contribution in [0.1, 0.15) is 233 Å². The van der Waals surface area contributed by atoms with Gasteiger partial charge in [0.2, 0.25) is 11.8 Å². The number of allylic oxidation sites excluding steroid dienone is 3. The number of ether oxygens (including phenoxy) is 6. The summed E-state index contributed by atoms with van der Waals surface area (Å²) in [6, 6.07) is -2.62. The summed E-state index contributed by atoms with van der Waals surface area (Å²) >= 11 is 0. The second kappa shape index (κ2) is 46.3. The molecule has 3 aliphatic rings. The zero-order valence-corrected chi connectivity index (χ0v) is 53.3. The number of aliphatic hydroxyl groups excluding tert-OH is 11. The maximum atomic E-state index is 13.4. The summed E-state index contributed by atoms with van der Waals surface area (Å²) in [7, 11) is 0. The Morgan fingerprint density at radius 3 is 1.56 bits per heavy atom. The Kier molecular flexibility index (Phi) is 41.8. The van der Waals surface area contributed by atoms with Crippen LogP contribution < -0.4 is 10.6 Å². The molecule has 23 heteroatoms. The van der Waals surface area contributed by atoms with E-state index >= 15 is 0 Å². The van der Waals surface area contributed by atoms with Gasteiger partial charge in [-0.2, -0.15) is 0 Å². The first-order valence-corrected chi connectivity index (χ1v) is 33.7. The number of carboxylic acid groups (broad SMARTS) is 1. The Morgan fingerprint density at radius 1 is 0.591 bits per heavy atom. The first-order valence-electron chi connectivity index (χ1n) is 33.7. The van der Waals surface area contributed by atoms with Gasteiger partial charge in [-0.3, -0.25) is 9.59 Å². The molecule has 0 radical (unpaired) electrons. The van der Waals surface area contributed by atoms with E-state index in [1.165, 1.54) is 116 Å². The molecular formula is C65H118N2O21. The van der Waals surface area contributed by atoms with Gasteiger partial charge in [-0.05, 0) is 44.9 Å². The molecule has 2 amide bonds. The summed E-state index contributed by atoms with van der Waals surface area (Å²) in [5, 5.41) is 136. The second-order valence-corrected chi connectivity index (χ2v) is 24.7. The summed E-state index contributed by atoms with van der Waals surface area (Å²) in [6.45, 7) is 2.11. The number of carboxylic acids is 1. The highest BCUT2D eigenvalue weighted by Crippen LogP contribution is 2.39. The first kappa shape index (κ1) is 79.4. The molecule has 0 spiro atoms. The van der Waals surface area contributed by atoms with Crippen LogP contribution in [-0.4, -0.2) is 215 Å². The molecule has 0 bridgehead atoms. The van der Waals surface area contributed by atoms with Crippen LogP contribution in [0.2, 0.25) is 0 Å². The molecule has 3 rings (SSSR count). The fraction of sp³-hybridized carbons (Fsp3) is 0.892. The molecule has 3 fully saturated rings. The molecular weight excluding hydrogens is 1140 g/mol. The molecule has 88 heavy (non-hydrogen) atoms. The highest BCUT2D eigenvalue weighted by Gasteiger charge is 2.60. The topological polar surface area (TPSA) is 373 Å². The monoisotopic (exact) mass is 1260 g/mol. The Labute approximate surface area is 523 Å². The van der Waals surface area contributed by atoms with Crippen molar-refractivity contribution in [2.24, 2.45) is 0 Å². The lowest BCUT2D eigenvalue weighted by atomic mass is 9.88. The fourth-order valence-electron chi connectivity index (χ4n) is 11.7.